The first-order chi connectivity index (χ1) is 6.86. The van der Waals surface area contributed by atoms with Crippen molar-refractivity contribution in [3.05, 3.63) is 49.1 Å². The smallest absolute Gasteiger partial charge is 0.0949 e. The maximum Gasteiger partial charge on any atom is 0.0949 e. The molecule has 0 radical (unpaired) electrons. The molecule has 1 aromatic heterocycles. The van der Waals surface area contributed by atoms with Gasteiger partial charge in [-0.05, 0) is 12.0 Å². The Kier molecular flexibility index (Phi) is 3.12. The van der Waals surface area contributed by atoms with Gasteiger partial charge in [0.1, 0.15) is 0 Å². The fourth-order valence-electron chi connectivity index (χ4n) is 1.26. The third-order valence-corrected chi connectivity index (χ3v) is 4.71. The fraction of sp³-hybridized carbons (Fsp3) is 0.100. The zero-order valence-corrected chi connectivity index (χ0v) is 9.45. The van der Waals surface area contributed by atoms with Crippen molar-refractivity contribution in [2.24, 2.45) is 0 Å². The molecule has 1 heterocycles. The van der Waals surface area contributed by atoms with Crippen LogP contribution in [0.15, 0.2) is 49.1 Å². The maximum atomic E-state index is 5.51. The van der Waals surface area contributed by atoms with Crippen molar-refractivity contribution >= 4 is 23.8 Å². The third-order valence-electron chi connectivity index (χ3n) is 1.98. The summed E-state index contributed by atoms with van der Waals surface area (Å²) in [6.07, 6.45) is 6.47. The van der Waals surface area contributed by atoms with Gasteiger partial charge >= 0.3 is 0 Å². The number of rotatable bonds is 3. The van der Waals surface area contributed by atoms with Gasteiger partial charge in [-0.2, -0.15) is 0 Å². The van der Waals surface area contributed by atoms with Crippen LogP contribution in [-0.2, 0) is 18.1 Å². The van der Waals surface area contributed by atoms with E-state index in [-0.39, 0.29) is 0 Å². The van der Waals surface area contributed by atoms with Crippen LogP contribution in [0.2, 0.25) is 0 Å². The molecular weight excluding hydrogens is 211 g/mol. The monoisotopic (exact) mass is 222 g/mol. The highest BCUT2D eigenvalue weighted by molar-refractivity contribution is 8.08. The number of hydrogen-bond acceptors (Lipinski definition) is 2. The van der Waals surface area contributed by atoms with Crippen LogP contribution in [-0.4, -0.2) is 9.55 Å². The molecule has 1 unspecified atom stereocenters. The summed E-state index contributed by atoms with van der Waals surface area (Å²) in [6, 6.07) is 10.3. The largest absolute Gasteiger partial charge is 0.332 e. The van der Waals surface area contributed by atoms with Crippen LogP contribution in [0.4, 0.5) is 0 Å². The molecular formula is C10H11N2PS. The lowest BCUT2D eigenvalue weighted by atomic mass is 10.4. The molecule has 0 N–H and O–H groups in total. The SMILES string of the molecule is S=[PH](Cn1ccnc1)c1ccccc1. The van der Waals surface area contributed by atoms with E-state index in [1.165, 1.54) is 5.30 Å². The molecule has 1 atom stereocenters. The molecule has 0 aliphatic heterocycles. The molecule has 1 aromatic carbocycles. The topological polar surface area (TPSA) is 17.8 Å². The number of nitrogens with zero attached hydrogens (tertiary/aromatic N) is 2. The van der Waals surface area contributed by atoms with E-state index in [4.69, 9.17) is 11.8 Å². The summed E-state index contributed by atoms with van der Waals surface area (Å²) < 4.78 is 2.05. The molecule has 14 heavy (non-hydrogen) atoms. The van der Waals surface area contributed by atoms with Gasteiger partial charge in [0.2, 0.25) is 0 Å². The first kappa shape index (κ1) is 9.63. The molecule has 0 bridgehead atoms. The number of benzene rings is 1. The van der Waals surface area contributed by atoms with Crippen LogP contribution in [0.3, 0.4) is 0 Å². The van der Waals surface area contributed by atoms with Crippen LogP contribution >= 0.6 is 6.70 Å². The van der Waals surface area contributed by atoms with Crippen LogP contribution in [0.1, 0.15) is 0 Å². The quantitative estimate of drug-likeness (QED) is 0.737. The van der Waals surface area contributed by atoms with Crippen LogP contribution in [0.5, 0.6) is 0 Å². The second-order valence-electron chi connectivity index (χ2n) is 3.02. The van der Waals surface area contributed by atoms with Gasteiger partial charge in [0.25, 0.3) is 0 Å². The normalized spacial score (nSPS) is 12.6. The standard InChI is InChI=1S/C10H11N2PS/c14-13(9-12-7-6-11-8-12)10-4-2-1-3-5-10/h1-8,13H,9H2. The molecule has 72 valence electrons. The van der Waals surface area contributed by atoms with Gasteiger partial charge in [-0.3, -0.25) is 0 Å². The highest BCUT2D eigenvalue weighted by atomic mass is 32.4. The predicted molar refractivity (Wildman–Crippen MR) is 64.0 cm³/mol. The molecule has 0 saturated heterocycles. The lowest BCUT2D eigenvalue weighted by Gasteiger charge is -2.05. The molecule has 2 aromatic rings. The molecule has 0 amide bonds. The lowest BCUT2D eigenvalue weighted by molar-refractivity contribution is 0.886. The first-order valence-corrected chi connectivity index (χ1v) is 7.24. The van der Waals surface area contributed by atoms with Gasteiger partial charge < -0.3 is 4.57 Å². The van der Waals surface area contributed by atoms with E-state index in [2.05, 4.69) is 17.1 Å². The van der Waals surface area contributed by atoms with E-state index in [1.807, 2.05) is 35.3 Å². The van der Waals surface area contributed by atoms with E-state index >= 15 is 0 Å². The van der Waals surface area contributed by atoms with Crippen molar-refractivity contribution < 1.29 is 0 Å². The Labute approximate surface area is 89.0 Å². The highest BCUT2D eigenvalue weighted by Crippen LogP contribution is 2.22. The molecule has 4 heteroatoms. The van der Waals surface area contributed by atoms with Crippen LogP contribution in [0.25, 0.3) is 0 Å². The summed E-state index contributed by atoms with van der Waals surface area (Å²) in [6.45, 7) is -0.883. The van der Waals surface area contributed by atoms with Crippen molar-refractivity contribution in [3.63, 3.8) is 0 Å². The maximum absolute atomic E-state index is 5.51. The first-order valence-electron chi connectivity index (χ1n) is 4.40. The second-order valence-corrected chi connectivity index (χ2v) is 6.24. The predicted octanol–water partition coefficient (Wildman–Crippen LogP) is 1.84. The zero-order chi connectivity index (χ0) is 9.80. The third kappa shape index (κ3) is 2.31. The zero-order valence-electron chi connectivity index (χ0n) is 7.63. The molecule has 0 fully saturated rings. The molecule has 2 nitrogen and oxygen atoms in total. The van der Waals surface area contributed by atoms with E-state index in [0.29, 0.717) is 0 Å². The van der Waals surface area contributed by atoms with E-state index in [0.717, 1.165) is 6.29 Å². The summed E-state index contributed by atoms with van der Waals surface area (Å²) in [5.41, 5.74) is 0. The molecule has 0 aliphatic carbocycles. The van der Waals surface area contributed by atoms with Crippen molar-refractivity contribution in [3.8, 4) is 0 Å². The summed E-state index contributed by atoms with van der Waals surface area (Å²) in [5.74, 6) is 0. The number of imidazole rings is 1. The summed E-state index contributed by atoms with van der Waals surface area (Å²) in [7, 11) is 0. The Hall–Kier alpha value is -0.920. The van der Waals surface area contributed by atoms with Crippen molar-refractivity contribution in [2.75, 3.05) is 0 Å². The summed E-state index contributed by atoms with van der Waals surface area (Å²) in [5, 5.41) is 1.29. The molecule has 0 aliphatic rings. The lowest BCUT2D eigenvalue weighted by Crippen LogP contribution is -1.99. The Bertz CT molecular complexity index is 411. The number of aromatic nitrogens is 2. The van der Waals surface area contributed by atoms with Gasteiger partial charge in [-0.1, -0.05) is 42.1 Å². The van der Waals surface area contributed by atoms with E-state index in [1.54, 1.807) is 6.20 Å². The highest BCUT2D eigenvalue weighted by Gasteiger charge is 1.98. The summed E-state index contributed by atoms with van der Waals surface area (Å²) in [4.78, 5) is 4.00. The summed E-state index contributed by atoms with van der Waals surface area (Å²) >= 11 is 5.51. The average molecular weight is 222 g/mol. The Morgan fingerprint density at radius 2 is 2.07 bits per heavy atom. The van der Waals surface area contributed by atoms with Crippen LogP contribution < -0.4 is 5.30 Å². The van der Waals surface area contributed by atoms with Crippen molar-refractivity contribution in [1.29, 1.82) is 0 Å². The minimum Gasteiger partial charge on any atom is -0.332 e. The molecule has 0 spiro atoms. The van der Waals surface area contributed by atoms with Gasteiger partial charge in [0.05, 0.1) is 12.6 Å². The van der Waals surface area contributed by atoms with Gasteiger partial charge in [0.15, 0.2) is 0 Å². The van der Waals surface area contributed by atoms with Gasteiger partial charge in [-0.25, -0.2) is 4.98 Å². The Morgan fingerprint density at radius 1 is 1.29 bits per heavy atom. The van der Waals surface area contributed by atoms with E-state index < -0.39 is 6.70 Å². The van der Waals surface area contributed by atoms with Crippen molar-refractivity contribution in [2.45, 2.75) is 6.29 Å². The minimum atomic E-state index is -0.883. The Morgan fingerprint density at radius 3 is 2.71 bits per heavy atom. The average Bonchev–Trinajstić information content (AvgIpc) is 2.72. The van der Waals surface area contributed by atoms with Crippen molar-refractivity contribution in [1.82, 2.24) is 9.55 Å². The van der Waals surface area contributed by atoms with Gasteiger partial charge in [0, 0.05) is 12.4 Å². The molecule has 2 rings (SSSR count). The number of hydrogen-bond donors (Lipinski definition) is 0. The second kappa shape index (κ2) is 4.54. The van der Waals surface area contributed by atoms with E-state index in [9.17, 15) is 0 Å². The minimum absolute atomic E-state index is 0.883. The van der Waals surface area contributed by atoms with Crippen LogP contribution in [0, 0.1) is 0 Å². The molecule has 0 saturated carbocycles. The van der Waals surface area contributed by atoms with Gasteiger partial charge in [-0.15, -0.1) is 0 Å². The fourth-order valence-corrected chi connectivity index (χ4v) is 3.38. The Balaban J connectivity index is 2.11.